The van der Waals surface area contributed by atoms with Crippen molar-refractivity contribution in [3.05, 3.63) is 41.5 Å². The number of benzene rings is 1. The first-order valence-electron chi connectivity index (χ1n) is 9.32. The zero-order valence-electron chi connectivity index (χ0n) is 16.5. The van der Waals surface area contributed by atoms with E-state index in [-0.39, 0.29) is 5.91 Å². The summed E-state index contributed by atoms with van der Waals surface area (Å²) in [6, 6.07) is 5.46. The number of hydrogen-bond acceptors (Lipinski definition) is 7. The second-order valence-electron chi connectivity index (χ2n) is 7.65. The fourth-order valence-electron chi connectivity index (χ4n) is 4.51. The maximum atomic E-state index is 13.4. The first-order chi connectivity index (χ1) is 13.7. The average molecular weight is 399 g/mol. The highest BCUT2D eigenvalue weighted by Gasteiger charge is 2.72. The van der Waals surface area contributed by atoms with E-state index in [9.17, 15) is 19.2 Å². The van der Waals surface area contributed by atoms with E-state index in [1.165, 1.54) is 18.7 Å². The van der Waals surface area contributed by atoms with Gasteiger partial charge in [0, 0.05) is 13.8 Å². The van der Waals surface area contributed by atoms with Crippen LogP contribution in [0.2, 0.25) is 0 Å². The van der Waals surface area contributed by atoms with Crippen molar-refractivity contribution >= 4 is 29.4 Å². The molecule has 4 rings (SSSR count). The van der Waals surface area contributed by atoms with Gasteiger partial charge in [-0.1, -0.05) is 23.8 Å². The largest absolute Gasteiger partial charge is 0.422 e. The molecule has 2 bridgehead atoms. The minimum Gasteiger partial charge on any atom is -0.422 e. The standard InChI is InChI=1S/C21H21NO7/c1-10-5-6-14(11(2)9-10)22-18(25)16-15-7-8-21(29-15,17(16)19(22)26)20(27-12(3)23)28-13(4)24/h5-9,15-17,20H,1-4H3/t15-,16+,17-,21-/m1/s1. The smallest absolute Gasteiger partial charge is 0.305 e. The molecule has 0 spiro atoms. The van der Waals surface area contributed by atoms with E-state index in [4.69, 9.17) is 14.2 Å². The SMILES string of the molecule is CC(=O)OC(OC(C)=O)[C@]12C=C[C@@H](O1)[C@@H]1C(=O)N(c3ccc(C)cc3C)C(=O)[C@@H]12. The van der Waals surface area contributed by atoms with Crippen molar-refractivity contribution in [3.8, 4) is 0 Å². The third kappa shape index (κ3) is 2.78. The van der Waals surface area contributed by atoms with E-state index >= 15 is 0 Å². The quantitative estimate of drug-likeness (QED) is 0.328. The molecule has 8 nitrogen and oxygen atoms in total. The lowest BCUT2D eigenvalue weighted by molar-refractivity contribution is -0.226. The van der Waals surface area contributed by atoms with Crippen molar-refractivity contribution in [1.82, 2.24) is 0 Å². The maximum Gasteiger partial charge on any atom is 0.305 e. The number of rotatable bonds is 4. The fourth-order valence-corrected chi connectivity index (χ4v) is 4.51. The number of carbonyl (C=O) groups excluding carboxylic acids is 4. The normalized spacial score (nSPS) is 29.6. The van der Waals surface area contributed by atoms with Crippen molar-refractivity contribution in [1.29, 1.82) is 0 Å². The van der Waals surface area contributed by atoms with Crippen LogP contribution in [0.15, 0.2) is 30.4 Å². The molecule has 4 atom stereocenters. The number of esters is 2. The van der Waals surface area contributed by atoms with Gasteiger partial charge in [0.15, 0.2) is 5.60 Å². The number of imide groups is 1. The number of aryl methyl sites for hydroxylation is 2. The van der Waals surface area contributed by atoms with Crippen LogP contribution in [0.25, 0.3) is 0 Å². The van der Waals surface area contributed by atoms with Crippen LogP contribution in [0.1, 0.15) is 25.0 Å². The van der Waals surface area contributed by atoms with Gasteiger partial charge >= 0.3 is 11.9 Å². The van der Waals surface area contributed by atoms with Gasteiger partial charge in [0.1, 0.15) is 0 Å². The Balaban J connectivity index is 1.76. The van der Waals surface area contributed by atoms with Gasteiger partial charge in [0.25, 0.3) is 6.29 Å². The summed E-state index contributed by atoms with van der Waals surface area (Å²) in [5.74, 6) is -3.98. The molecule has 8 heteroatoms. The van der Waals surface area contributed by atoms with Crippen molar-refractivity contribution in [2.75, 3.05) is 4.90 Å². The van der Waals surface area contributed by atoms with Gasteiger partial charge in [-0.3, -0.25) is 19.2 Å². The van der Waals surface area contributed by atoms with Gasteiger partial charge in [-0.2, -0.15) is 0 Å². The predicted octanol–water partition coefficient (Wildman–Crippen LogP) is 1.57. The lowest BCUT2D eigenvalue weighted by Gasteiger charge is -2.34. The van der Waals surface area contributed by atoms with E-state index in [1.807, 2.05) is 26.0 Å². The summed E-state index contributed by atoms with van der Waals surface area (Å²) < 4.78 is 16.3. The molecule has 2 amide bonds. The molecule has 0 saturated carbocycles. The molecule has 2 fully saturated rings. The van der Waals surface area contributed by atoms with Crippen LogP contribution in [-0.2, 0) is 33.4 Å². The van der Waals surface area contributed by atoms with Gasteiger partial charge in [0.05, 0.1) is 23.6 Å². The van der Waals surface area contributed by atoms with Crippen LogP contribution in [0, 0.1) is 25.7 Å². The summed E-state index contributed by atoms with van der Waals surface area (Å²) in [7, 11) is 0. The number of ether oxygens (including phenoxy) is 3. The van der Waals surface area contributed by atoms with E-state index in [0.29, 0.717) is 5.69 Å². The molecule has 1 aromatic carbocycles. The number of fused-ring (bicyclic) bond motifs is 5. The Labute approximate surface area is 167 Å². The third-order valence-electron chi connectivity index (χ3n) is 5.59. The Kier molecular flexibility index (Phi) is 4.34. The minimum atomic E-state index is -1.53. The lowest BCUT2D eigenvalue weighted by atomic mass is 9.76. The van der Waals surface area contributed by atoms with Crippen LogP contribution in [0.4, 0.5) is 5.69 Å². The summed E-state index contributed by atoms with van der Waals surface area (Å²) in [6.45, 7) is 6.09. The highest BCUT2D eigenvalue weighted by Crippen LogP contribution is 2.54. The predicted molar refractivity (Wildman–Crippen MR) is 99.5 cm³/mol. The van der Waals surface area contributed by atoms with E-state index in [1.54, 1.807) is 18.2 Å². The second-order valence-corrected chi connectivity index (χ2v) is 7.65. The second kappa shape index (κ2) is 6.52. The average Bonchev–Trinajstić information content (AvgIpc) is 3.26. The number of hydrogen-bond donors (Lipinski definition) is 0. The molecule has 3 aliphatic heterocycles. The zero-order valence-corrected chi connectivity index (χ0v) is 16.5. The first kappa shape index (κ1) is 19.3. The van der Waals surface area contributed by atoms with Crippen molar-refractivity contribution < 1.29 is 33.4 Å². The Morgan fingerprint density at radius 3 is 2.34 bits per heavy atom. The van der Waals surface area contributed by atoms with Gasteiger partial charge < -0.3 is 14.2 Å². The topological polar surface area (TPSA) is 99.2 Å². The van der Waals surface area contributed by atoms with Crippen LogP contribution in [0.5, 0.6) is 0 Å². The summed E-state index contributed by atoms with van der Waals surface area (Å²) >= 11 is 0. The van der Waals surface area contributed by atoms with Gasteiger partial charge in [-0.15, -0.1) is 0 Å². The summed E-state index contributed by atoms with van der Waals surface area (Å²) in [5, 5.41) is 0. The minimum absolute atomic E-state index is 0.382. The molecule has 3 heterocycles. The number of carbonyl (C=O) groups is 4. The maximum absolute atomic E-state index is 13.4. The molecule has 0 aliphatic carbocycles. The van der Waals surface area contributed by atoms with Crippen molar-refractivity contribution in [2.45, 2.75) is 45.7 Å². The Morgan fingerprint density at radius 1 is 1.10 bits per heavy atom. The lowest BCUT2D eigenvalue weighted by Crippen LogP contribution is -2.52. The molecule has 0 aromatic heterocycles. The van der Waals surface area contributed by atoms with Crippen LogP contribution in [-0.4, -0.2) is 41.7 Å². The Morgan fingerprint density at radius 2 is 1.76 bits per heavy atom. The molecule has 29 heavy (non-hydrogen) atoms. The summed E-state index contributed by atoms with van der Waals surface area (Å²) in [4.78, 5) is 51.0. The van der Waals surface area contributed by atoms with E-state index < -0.39 is 47.7 Å². The fraction of sp³-hybridized carbons (Fsp3) is 0.429. The van der Waals surface area contributed by atoms with Gasteiger partial charge in [-0.25, -0.2) is 4.90 Å². The van der Waals surface area contributed by atoms with Crippen LogP contribution in [0.3, 0.4) is 0 Å². The van der Waals surface area contributed by atoms with Crippen molar-refractivity contribution in [2.24, 2.45) is 11.8 Å². The summed E-state index contributed by atoms with van der Waals surface area (Å²) in [6.07, 6.45) is 1.08. The zero-order chi connectivity index (χ0) is 21.1. The third-order valence-corrected chi connectivity index (χ3v) is 5.59. The van der Waals surface area contributed by atoms with Gasteiger partial charge in [0.2, 0.25) is 11.8 Å². The molecule has 2 saturated heterocycles. The molecular weight excluding hydrogens is 378 g/mol. The Bertz CT molecular complexity index is 952. The number of amides is 2. The first-order valence-corrected chi connectivity index (χ1v) is 9.32. The van der Waals surface area contributed by atoms with E-state index in [2.05, 4.69) is 0 Å². The van der Waals surface area contributed by atoms with Crippen LogP contribution >= 0.6 is 0 Å². The monoisotopic (exact) mass is 399 g/mol. The molecular formula is C21H21NO7. The van der Waals surface area contributed by atoms with Gasteiger partial charge in [-0.05, 0) is 31.6 Å². The molecule has 152 valence electrons. The number of anilines is 1. The van der Waals surface area contributed by atoms with Crippen LogP contribution < -0.4 is 4.90 Å². The Hall–Kier alpha value is -3.00. The highest BCUT2D eigenvalue weighted by molar-refractivity contribution is 6.23. The van der Waals surface area contributed by atoms with Crippen molar-refractivity contribution in [3.63, 3.8) is 0 Å². The molecule has 0 radical (unpaired) electrons. The molecule has 1 aromatic rings. The molecule has 0 N–H and O–H groups in total. The molecule has 3 aliphatic rings. The highest BCUT2D eigenvalue weighted by atomic mass is 16.7. The van der Waals surface area contributed by atoms with E-state index in [0.717, 1.165) is 11.1 Å². The number of nitrogens with zero attached hydrogens (tertiary/aromatic N) is 1. The molecule has 0 unspecified atom stereocenters. The summed E-state index contributed by atoms with van der Waals surface area (Å²) in [5.41, 5.74) is 0.772.